The molecule has 0 N–H and O–H groups in total. The zero-order valence-corrected chi connectivity index (χ0v) is 13.4. The van der Waals surface area contributed by atoms with Crippen LogP contribution in [0.2, 0.25) is 0 Å². The van der Waals surface area contributed by atoms with Gasteiger partial charge in [-0.05, 0) is 30.4 Å². The first-order valence-electron chi connectivity index (χ1n) is 6.95. The topological polar surface area (TPSA) is 17.1 Å². The Kier molecular flexibility index (Phi) is 5.19. The molecule has 0 saturated carbocycles. The molecule has 101 valence electrons. The minimum Gasteiger partial charge on any atom is -0.298 e. The fourth-order valence-corrected chi connectivity index (χ4v) is 2.92. The second-order valence-electron chi connectivity index (χ2n) is 4.61. The zero-order chi connectivity index (χ0) is 14.5. The number of benzene rings is 2. The molecule has 1 unspecified atom stereocenters. The molecule has 2 aromatic rings. The van der Waals surface area contributed by atoms with Gasteiger partial charge in [0.05, 0.1) is 0 Å². The van der Waals surface area contributed by atoms with Gasteiger partial charge in [0, 0.05) is 10.0 Å². The first kappa shape index (κ1) is 15.1. The summed E-state index contributed by atoms with van der Waals surface area (Å²) in [5.41, 5.74) is 4.60. The van der Waals surface area contributed by atoms with E-state index in [1.165, 1.54) is 16.6 Å². The summed E-state index contributed by atoms with van der Waals surface area (Å²) in [6.07, 6.45) is 1.89. The minimum absolute atomic E-state index is 0.416. The number of halogens is 1. The van der Waals surface area contributed by atoms with E-state index in [4.69, 9.17) is 0 Å². The predicted molar refractivity (Wildman–Crippen MR) is 89.2 cm³/mol. The molecule has 0 amide bonds. The van der Waals surface area contributed by atoms with E-state index in [1.807, 2.05) is 38.1 Å². The molecule has 1 aliphatic heterocycles. The molecule has 1 heterocycles. The molecule has 2 aromatic carbocycles. The van der Waals surface area contributed by atoms with Crippen molar-refractivity contribution in [2.45, 2.75) is 26.1 Å². The van der Waals surface area contributed by atoms with Crippen molar-refractivity contribution in [3.05, 3.63) is 63.6 Å². The number of hydrogen-bond acceptors (Lipinski definition) is 1. The van der Waals surface area contributed by atoms with Gasteiger partial charge in [0.25, 0.3) is 0 Å². The standard InChI is InChI=1S/C15H11BBrO.C2H6/c17-13-3-1-2-11(7-13)15-8-12-6-10(9-18)4-5-14(12)16-15;1-2/h1-7,9,15H,8H2;1-2H3. The molecule has 0 aliphatic carbocycles. The van der Waals surface area contributed by atoms with Gasteiger partial charge in [0.15, 0.2) is 7.28 Å². The lowest BCUT2D eigenvalue weighted by atomic mass is 9.61. The number of fused-ring (bicyclic) bond motifs is 1. The monoisotopic (exact) mass is 327 g/mol. The summed E-state index contributed by atoms with van der Waals surface area (Å²) in [6, 6.07) is 14.3. The molecule has 1 atom stereocenters. The third kappa shape index (κ3) is 3.21. The third-order valence-corrected chi connectivity index (χ3v) is 3.89. The number of hydrogen-bond donors (Lipinski definition) is 0. The Bertz CT molecular complexity index is 610. The lowest BCUT2D eigenvalue weighted by Crippen LogP contribution is -2.14. The number of rotatable bonds is 2. The normalized spacial score (nSPS) is 15.7. The van der Waals surface area contributed by atoms with E-state index >= 15 is 0 Å². The van der Waals surface area contributed by atoms with Gasteiger partial charge in [-0.25, -0.2) is 0 Å². The number of carbonyl (C=O) groups is 1. The summed E-state index contributed by atoms with van der Waals surface area (Å²) in [6.45, 7) is 4.00. The van der Waals surface area contributed by atoms with Crippen LogP contribution in [0.25, 0.3) is 0 Å². The highest BCUT2D eigenvalue weighted by Gasteiger charge is 2.24. The SMILES string of the molecule is CC.O=Cc1ccc2c(c1)CC(c1cccc(Br)c1)[B]2. The van der Waals surface area contributed by atoms with E-state index in [0.29, 0.717) is 5.82 Å². The zero-order valence-electron chi connectivity index (χ0n) is 11.8. The molecule has 0 bridgehead atoms. The highest BCUT2D eigenvalue weighted by atomic mass is 79.9. The molecular formula is C17H17BBrO. The fraction of sp³-hybridized carbons (Fsp3) is 0.235. The van der Waals surface area contributed by atoms with Gasteiger partial charge in [0.1, 0.15) is 6.29 Å². The van der Waals surface area contributed by atoms with Crippen LogP contribution in [0.1, 0.15) is 41.1 Å². The lowest BCUT2D eigenvalue weighted by molar-refractivity contribution is 0.112. The van der Waals surface area contributed by atoms with Crippen molar-refractivity contribution < 1.29 is 4.79 Å². The molecule has 20 heavy (non-hydrogen) atoms. The molecule has 1 nitrogen and oxygen atoms in total. The van der Waals surface area contributed by atoms with E-state index < -0.39 is 0 Å². The van der Waals surface area contributed by atoms with Gasteiger partial charge in [0.2, 0.25) is 0 Å². The van der Waals surface area contributed by atoms with Crippen LogP contribution in [0.3, 0.4) is 0 Å². The van der Waals surface area contributed by atoms with Gasteiger partial charge in [-0.15, -0.1) is 0 Å². The average molecular weight is 328 g/mol. The van der Waals surface area contributed by atoms with Crippen molar-refractivity contribution in [2.24, 2.45) is 0 Å². The molecule has 1 aliphatic rings. The first-order chi connectivity index (χ1) is 9.76. The summed E-state index contributed by atoms with van der Waals surface area (Å²) in [5, 5.41) is 0. The Hall–Kier alpha value is -1.35. The summed E-state index contributed by atoms with van der Waals surface area (Å²) in [7, 11) is 2.28. The number of carbonyl (C=O) groups excluding carboxylic acids is 1. The molecular weight excluding hydrogens is 311 g/mol. The maximum Gasteiger partial charge on any atom is 0.161 e. The van der Waals surface area contributed by atoms with Gasteiger partial charge < -0.3 is 0 Å². The summed E-state index contributed by atoms with van der Waals surface area (Å²) >= 11 is 3.51. The third-order valence-electron chi connectivity index (χ3n) is 3.40. The predicted octanol–water partition coefficient (Wildman–Crippen LogP) is 3.91. The summed E-state index contributed by atoms with van der Waals surface area (Å²) < 4.78 is 1.11. The average Bonchev–Trinajstić information content (AvgIpc) is 2.92. The van der Waals surface area contributed by atoms with Crippen molar-refractivity contribution in [3.63, 3.8) is 0 Å². The molecule has 3 heteroatoms. The van der Waals surface area contributed by atoms with E-state index in [0.717, 1.165) is 22.7 Å². The van der Waals surface area contributed by atoms with Gasteiger partial charge in [-0.1, -0.05) is 70.6 Å². The van der Waals surface area contributed by atoms with Crippen LogP contribution in [0.4, 0.5) is 0 Å². The van der Waals surface area contributed by atoms with Crippen molar-refractivity contribution >= 4 is 35.0 Å². The molecule has 3 rings (SSSR count). The van der Waals surface area contributed by atoms with Crippen LogP contribution in [-0.4, -0.2) is 13.6 Å². The van der Waals surface area contributed by atoms with Crippen LogP contribution in [0.15, 0.2) is 46.9 Å². The van der Waals surface area contributed by atoms with Crippen molar-refractivity contribution in [3.8, 4) is 0 Å². The maximum absolute atomic E-state index is 10.8. The van der Waals surface area contributed by atoms with E-state index in [-0.39, 0.29) is 0 Å². The van der Waals surface area contributed by atoms with Crippen LogP contribution in [0, 0.1) is 0 Å². The molecule has 0 spiro atoms. The van der Waals surface area contributed by atoms with Gasteiger partial charge in [-0.2, -0.15) is 0 Å². The molecule has 0 fully saturated rings. The first-order valence-corrected chi connectivity index (χ1v) is 7.74. The maximum atomic E-state index is 10.8. The van der Waals surface area contributed by atoms with Crippen LogP contribution >= 0.6 is 15.9 Å². The highest BCUT2D eigenvalue weighted by molar-refractivity contribution is 9.10. The Morgan fingerprint density at radius 3 is 2.70 bits per heavy atom. The highest BCUT2D eigenvalue weighted by Crippen LogP contribution is 2.26. The van der Waals surface area contributed by atoms with Gasteiger partial charge in [-0.3, -0.25) is 4.79 Å². The Labute approximate surface area is 129 Å². The van der Waals surface area contributed by atoms with Crippen LogP contribution in [0.5, 0.6) is 0 Å². The minimum atomic E-state index is 0.416. The van der Waals surface area contributed by atoms with E-state index in [1.54, 1.807) is 0 Å². The Balaban J connectivity index is 0.000000704. The summed E-state index contributed by atoms with van der Waals surface area (Å²) in [4.78, 5) is 10.8. The largest absolute Gasteiger partial charge is 0.298 e. The van der Waals surface area contributed by atoms with E-state index in [2.05, 4.69) is 41.4 Å². The molecule has 1 radical (unpaired) electrons. The smallest absolute Gasteiger partial charge is 0.161 e. The summed E-state index contributed by atoms with van der Waals surface area (Å²) in [5.74, 6) is 0.416. The Morgan fingerprint density at radius 1 is 1.20 bits per heavy atom. The lowest BCUT2D eigenvalue weighted by Gasteiger charge is -2.08. The van der Waals surface area contributed by atoms with Crippen LogP contribution < -0.4 is 5.46 Å². The van der Waals surface area contributed by atoms with Crippen molar-refractivity contribution in [1.82, 2.24) is 0 Å². The van der Waals surface area contributed by atoms with Crippen LogP contribution in [-0.2, 0) is 6.42 Å². The molecule has 0 aromatic heterocycles. The van der Waals surface area contributed by atoms with Crippen molar-refractivity contribution in [2.75, 3.05) is 0 Å². The van der Waals surface area contributed by atoms with Gasteiger partial charge >= 0.3 is 0 Å². The number of aldehydes is 1. The Morgan fingerprint density at radius 2 is 2.00 bits per heavy atom. The van der Waals surface area contributed by atoms with E-state index in [9.17, 15) is 4.79 Å². The molecule has 0 saturated heterocycles. The second kappa shape index (κ2) is 6.89. The second-order valence-corrected chi connectivity index (χ2v) is 5.52. The quantitative estimate of drug-likeness (QED) is 0.603. The fourth-order valence-electron chi connectivity index (χ4n) is 2.50. The van der Waals surface area contributed by atoms with Crippen molar-refractivity contribution in [1.29, 1.82) is 0 Å².